The van der Waals surface area contributed by atoms with Crippen LogP contribution in [0.15, 0.2) is 18.2 Å². The molecule has 1 rings (SSSR count). The molecule has 0 atom stereocenters. The highest BCUT2D eigenvalue weighted by atomic mass is 16.3. The lowest BCUT2D eigenvalue weighted by Crippen LogP contribution is -1.85. The molecule has 0 aliphatic carbocycles. The third kappa shape index (κ3) is 25.4. The standard InChI is InChI=1S/C8H10O2.C6H14.C3H6O.2C2H6/c1-2-6-3-4-7(9)5-8(6)10;1-4-6(3)5-2;1-3(2)4;2*1-2/h3-5,9-10H,2H2,1H3;6H,4-5H2,1-3H3;1-2H3;2*1-2H3. The van der Waals surface area contributed by atoms with Crippen molar-refractivity contribution in [2.45, 2.75) is 88.5 Å². The van der Waals surface area contributed by atoms with E-state index in [9.17, 15) is 4.79 Å². The Kier molecular flexibility index (Phi) is 30.1. The first-order chi connectivity index (χ1) is 11.3. The van der Waals surface area contributed by atoms with E-state index in [1.54, 1.807) is 12.1 Å². The number of benzene rings is 1. The molecule has 0 aliphatic heterocycles. The molecule has 144 valence electrons. The van der Waals surface area contributed by atoms with E-state index in [2.05, 4.69) is 20.8 Å². The number of carbonyl (C=O) groups excluding carboxylic acids is 1. The molecule has 0 unspecified atom stereocenters. The van der Waals surface area contributed by atoms with Crippen LogP contribution >= 0.6 is 0 Å². The molecule has 3 heteroatoms. The fourth-order valence-corrected chi connectivity index (χ4v) is 1.14. The maximum absolute atomic E-state index is 9.44. The van der Waals surface area contributed by atoms with Crippen LogP contribution in [0.25, 0.3) is 0 Å². The number of rotatable bonds is 3. The van der Waals surface area contributed by atoms with Crippen molar-refractivity contribution in [3.8, 4) is 11.5 Å². The van der Waals surface area contributed by atoms with Gasteiger partial charge in [0.2, 0.25) is 0 Å². The van der Waals surface area contributed by atoms with Gasteiger partial charge in [0.15, 0.2) is 0 Å². The van der Waals surface area contributed by atoms with Crippen LogP contribution in [0.4, 0.5) is 0 Å². The van der Waals surface area contributed by atoms with Crippen molar-refractivity contribution in [2.75, 3.05) is 0 Å². The van der Waals surface area contributed by atoms with E-state index < -0.39 is 0 Å². The van der Waals surface area contributed by atoms with Crippen molar-refractivity contribution >= 4 is 5.78 Å². The molecule has 0 fully saturated rings. The minimum Gasteiger partial charge on any atom is -0.508 e. The van der Waals surface area contributed by atoms with Gasteiger partial charge in [-0.2, -0.15) is 0 Å². The Labute approximate surface area is 151 Å². The topological polar surface area (TPSA) is 57.5 Å². The molecule has 0 saturated carbocycles. The molecular weight excluding hydrogens is 300 g/mol. The molecule has 0 heterocycles. The van der Waals surface area contributed by atoms with Crippen molar-refractivity contribution in [3.63, 3.8) is 0 Å². The Bertz CT molecular complexity index is 365. The van der Waals surface area contributed by atoms with Crippen molar-refractivity contribution in [3.05, 3.63) is 23.8 Å². The third-order valence-corrected chi connectivity index (χ3v) is 2.84. The zero-order valence-corrected chi connectivity index (χ0v) is 17.7. The summed E-state index contributed by atoms with van der Waals surface area (Å²) in [7, 11) is 0. The van der Waals surface area contributed by atoms with Crippen LogP contribution in [-0.4, -0.2) is 16.0 Å². The summed E-state index contributed by atoms with van der Waals surface area (Å²) >= 11 is 0. The van der Waals surface area contributed by atoms with E-state index in [0.717, 1.165) is 17.9 Å². The number of phenolic OH excluding ortho intramolecular Hbond substituents is 2. The van der Waals surface area contributed by atoms with Crippen LogP contribution in [0.2, 0.25) is 0 Å². The van der Waals surface area contributed by atoms with Gasteiger partial charge in [-0.3, -0.25) is 0 Å². The summed E-state index contributed by atoms with van der Waals surface area (Å²) in [6.07, 6.45) is 3.44. The minimum atomic E-state index is 0.106. The monoisotopic (exact) mass is 342 g/mol. The van der Waals surface area contributed by atoms with Gasteiger partial charge in [0, 0.05) is 6.07 Å². The lowest BCUT2D eigenvalue weighted by Gasteiger charge is -1.99. The van der Waals surface area contributed by atoms with Crippen molar-refractivity contribution < 1.29 is 15.0 Å². The highest BCUT2D eigenvalue weighted by Gasteiger charge is 1.97. The predicted molar refractivity (Wildman–Crippen MR) is 108 cm³/mol. The van der Waals surface area contributed by atoms with Gasteiger partial charge < -0.3 is 15.0 Å². The Morgan fingerprint density at radius 2 is 1.33 bits per heavy atom. The normalized spacial score (nSPS) is 8.12. The molecule has 24 heavy (non-hydrogen) atoms. The van der Waals surface area contributed by atoms with E-state index >= 15 is 0 Å². The Hall–Kier alpha value is -1.51. The molecule has 0 saturated heterocycles. The number of hydrogen-bond acceptors (Lipinski definition) is 3. The predicted octanol–water partition coefficient (Wildman–Crippen LogP) is 6.75. The number of aryl methyl sites for hydroxylation is 1. The summed E-state index contributed by atoms with van der Waals surface area (Å²) in [6, 6.07) is 4.63. The van der Waals surface area contributed by atoms with Crippen LogP contribution in [0.5, 0.6) is 11.5 Å². The highest BCUT2D eigenvalue weighted by Crippen LogP contribution is 2.22. The largest absolute Gasteiger partial charge is 0.508 e. The van der Waals surface area contributed by atoms with Gasteiger partial charge in [0.05, 0.1) is 0 Å². The number of phenols is 2. The van der Waals surface area contributed by atoms with Gasteiger partial charge in [-0.05, 0) is 37.8 Å². The molecule has 1 aromatic carbocycles. The molecule has 0 bridgehead atoms. The van der Waals surface area contributed by atoms with Crippen LogP contribution < -0.4 is 0 Å². The summed E-state index contributed by atoms with van der Waals surface area (Å²) in [5, 5.41) is 18.0. The molecule has 0 amide bonds. The fraction of sp³-hybridized carbons (Fsp3) is 0.667. The summed E-state index contributed by atoms with van der Waals surface area (Å²) in [6.45, 7) is 19.7. The SMILES string of the molecule is CC.CC.CC(C)=O.CCC(C)CC.CCc1ccc(O)cc1O. The van der Waals surface area contributed by atoms with Crippen molar-refractivity contribution in [1.82, 2.24) is 0 Å². The average molecular weight is 343 g/mol. The smallest absolute Gasteiger partial charge is 0.126 e. The Balaban J connectivity index is -0.000000123. The van der Waals surface area contributed by atoms with Crippen LogP contribution in [0.3, 0.4) is 0 Å². The molecule has 2 N–H and O–H groups in total. The van der Waals surface area contributed by atoms with Crippen molar-refractivity contribution in [2.24, 2.45) is 5.92 Å². The maximum atomic E-state index is 9.44. The molecule has 0 aromatic heterocycles. The number of ketones is 1. The molecule has 0 spiro atoms. The van der Waals surface area contributed by atoms with Gasteiger partial charge in [-0.25, -0.2) is 0 Å². The second kappa shape index (κ2) is 23.8. The maximum Gasteiger partial charge on any atom is 0.126 e. The first-order valence-corrected chi connectivity index (χ1v) is 9.26. The van der Waals surface area contributed by atoms with E-state index in [4.69, 9.17) is 10.2 Å². The summed E-state index contributed by atoms with van der Waals surface area (Å²) in [4.78, 5) is 9.44. The number of Topliss-reactive ketones (excluding diaryl/α,β-unsaturated/α-hetero) is 1. The van der Waals surface area contributed by atoms with E-state index in [0.29, 0.717) is 0 Å². The number of carbonyl (C=O) groups is 1. The second-order valence-corrected chi connectivity index (χ2v) is 5.00. The number of hydrogen-bond donors (Lipinski definition) is 2. The third-order valence-electron chi connectivity index (χ3n) is 2.84. The summed E-state index contributed by atoms with van der Waals surface area (Å²) in [5.74, 6) is 1.38. The van der Waals surface area contributed by atoms with Crippen LogP contribution in [0, 0.1) is 5.92 Å². The fourth-order valence-electron chi connectivity index (χ4n) is 1.14. The first kappa shape index (κ1) is 30.4. The van der Waals surface area contributed by atoms with Gasteiger partial charge in [-0.15, -0.1) is 0 Å². The molecule has 3 nitrogen and oxygen atoms in total. The molecular formula is C21H42O3. The second-order valence-electron chi connectivity index (χ2n) is 5.00. The molecule has 0 radical (unpaired) electrons. The average Bonchev–Trinajstić information content (AvgIpc) is 2.58. The Morgan fingerprint density at radius 1 is 0.958 bits per heavy atom. The van der Waals surface area contributed by atoms with Gasteiger partial charge in [-0.1, -0.05) is 74.3 Å². The van der Waals surface area contributed by atoms with Gasteiger partial charge in [0.25, 0.3) is 0 Å². The van der Waals surface area contributed by atoms with Crippen molar-refractivity contribution in [1.29, 1.82) is 0 Å². The van der Waals surface area contributed by atoms with E-state index in [1.807, 2.05) is 34.6 Å². The van der Waals surface area contributed by atoms with E-state index in [-0.39, 0.29) is 17.3 Å². The van der Waals surface area contributed by atoms with Crippen LogP contribution in [-0.2, 0) is 11.2 Å². The molecule has 1 aromatic rings. The molecule has 0 aliphatic rings. The Morgan fingerprint density at radius 3 is 1.54 bits per heavy atom. The minimum absolute atomic E-state index is 0.106. The lowest BCUT2D eigenvalue weighted by molar-refractivity contribution is -0.114. The highest BCUT2D eigenvalue weighted by molar-refractivity contribution is 5.72. The zero-order valence-electron chi connectivity index (χ0n) is 17.7. The van der Waals surface area contributed by atoms with E-state index in [1.165, 1.54) is 32.8 Å². The zero-order chi connectivity index (χ0) is 20.1. The van der Waals surface area contributed by atoms with Crippen LogP contribution in [0.1, 0.15) is 87.6 Å². The van der Waals surface area contributed by atoms with Gasteiger partial charge in [0.1, 0.15) is 17.3 Å². The summed E-state index contributed by atoms with van der Waals surface area (Å²) in [5.41, 5.74) is 0.859. The quantitative estimate of drug-likeness (QED) is 0.638. The first-order valence-electron chi connectivity index (χ1n) is 9.26. The summed E-state index contributed by atoms with van der Waals surface area (Å²) < 4.78 is 0. The lowest BCUT2D eigenvalue weighted by atomic mass is 10.1. The number of aromatic hydroxyl groups is 2. The van der Waals surface area contributed by atoms with Gasteiger partial charge >= 0.3 is 0 Å².